The Morgan fingerprint density at radius 3 is 2.93 bits per heavy atom. The van der Waals surface area contributed by atoms with Crippen molar-refractivity contribution in [1.82, 2.24) is 9.78 Å². The molecule has 1 aromatic heterocycles. The standard InChI is InChI=1S/C11H17N3/c1-2-5-9(4-1)10-8-11-12-6-3-7-14(11)13-10/h8-9,12H,1-7H2. The lowest BCUT2D eigenvalue weighted by Gasteiger charge is -2.14. The Morgan fingerprint density at radius 1 is 1.29 bits per heavy atom. The zero-order chi connectivity index (χ0) is 9.38. The molecular formula is C11H17N3. The summed E-state index contributed by atoms with van der Waals surface area (Å²) in [5, 5.41) is 8.09. The van der Waals surface area contributed by atoms with Crippen molar-refractivity contribution in [3.63, 3.8) is 0 Å². The minimum atomic E-state index is 0.745. The van der Waals surface area contributed by atoms with Crippen LogP contribution in [0.15, 0.2) is 6.07 Å². The maximum absolute atomic E-state index is 4.69. The van der Waals surface area contributed by atoms with Gasteiger partial charge in [0.2, 0.25) is 0 Å². The molecule has 2 heterocycles. The molecule has 14 heavy (non-hydrogen) atoms. The van der Waals surface area contributed by atoms with Gasteiger partial charge < -0.3 is 5.32 Å². The van der Waals surface area contributed by atoms with Crippen molar-refractivity contribution in [2.75, 3.05) is 11.9 Å². The molecule has 0 spiro atoms. The molecule has 76 valence electrons. The minimum absolute atomic E-state index is 0.745. The van der Waals surface area contributed by atoms with Crippen molar-refractivity contribution >= 4 is 5.82 Å². The van der Waals surface area contributed by atoms with Gasteiger partial charge in [0.25, 0.3) is 0 Å². The summed E-state index contributed by atoms with van der Waals surface area (Å²) in [6.45, 7) is 2.20. The molecule has 1 saturated carbocycles. The van der Waals surface area contributed by atoms with Crippen molar-refractivity contribution in [2.24, 2.45) is 0 Å². The number of hydrogen-bond acceptors (Lipinski definition) is 2. The molecule has 0 aromatic carbocycles. The minimum Gasteiger partial charge on any atom is -0.370 e. The van der Waals surface area contributed by atoms with Gasteiger partial charge in [-0.1, -0.05) is 12.8 Å². The van der Waals surface area contributed by atoms with Gasteiger partial charge in [-0.2, -0.15) is 5.10 Å². The highest BCUT2D eigenvalue weighted by Gasteiger charge is 2.21. The first-order valence-electron chi connectivity index (χ1n) is 5.75. The number of nitrogens with zero attached hydrogens (tertiary/aromatic N) is 2. The summed E-state index contributed by atoms with van der Waals surface area (Å²) >= 11 is 0. The molecule has 2 aliphatic rings. The maximum atomic E-state index is 4.69. The van der Waals surface area contributed by atoms with Crippen LogP contribution in [0, 0.1) is 0 Å². The van der Waals surface area contributed by atoms with Crippen molar-refractivity contribution in [3.8, 4) is 0 Å². The van der Waals surface area contributed by atoms with E-state index in [2.05, 4.69) is 21.2 Å². The van der Waals surface area contributed by atoms with E-state index in [9.17, 15) is 0 Å². The molecule has 3 nitrogen and oxygen atoms in total. The molecular weight excluding hydrogens is 174 g/mol. The third-order valence-electron chi connectivity index (χ3n) is 3.43. The van der Waals surface area contributed by atoms with E-state index in [1.54, 1.807) is 0 Å². The molecule has 0 unspecified atom stereocenters. The molecule has 3 rings (SSSR count). The lowest BCUT2D eigenvalue weighted by molar-refractivity contribution is 0.551. The van der Waals surface area contributed by atoms with Gasteiger partial charge in [-0.15, -0.1) is 0 Å². The average Bonchev–Trinajstić information content (AvgIpc) is 2.86. The average molecular weight is 191 g/mol. The molecule has 3 heteroatoms. The summed E-state index contributed by atoms with van der Waals surface area (Å²) < 4.78 is 2.14. The number of aromatic nitrogens is 2. The molecule has 1 fully saturated rings. The van der Waals surface area contributed by atoms with Crippen molar-refractivity contribution in [3.05, 3.63) is 11.8 Å². The largest absolute Gasteiger partial charge is 0.370 e. The number of aryl methyl sites for hydroxylation is 1. The third-order valence-corrected chi connectivity index (χ3v) is 3.43. The Labute approximate surface area is 84.5 Å². The van der Waals surface area contributed by atoms with Gasteiger partial charge >= 0.3 is 0 Å². The van der Waals surface area contributed by atoms with Crippen LogP contribution in [0.4, 0.5) is 5.82 Å². The highest BCUT2D eigenvalue weighted by Crippen LogP contribution is 2.34. The Balaban J connectivity index is 1.87. The fourth-order valence-corrected chi connectivity index (χ4v) is 2.62. The van der Waals surface area contributed by atoms with Gasteiger partial charge in [0.1, 0.15) is 5.82 Å². The van der Waals surface area contributed by atoms with E-state index in [4.69, 9.17) is 0 Å². The number of hydrogen-bond donors (Lipinski definition) is 1. The topological polar surface area (TPSA) is 29.9 Å². The predicted molar refractivity (Wildman–Crippen MR) is 56.5 cm³/mol. The van der Waals surface area contributed by atoms with E-state index in [-0.39, 0.29) is 0 Å². The van der Waals surface area contributed by atoms with Gasteiger partial charge in [-0.05, 0) is 19.3 Å². The van der Waals surface area contributed by atoms with Crippen LogP contribution in [0.25, 0.3) is 0 Å². The molecule has 0 bridgehead atoms. The van der Waals surface area contributed by atoms with E-state index in [0.29, 0.717) is 0 Å². The Bertz CT molecular complexity index is 300. The highest BCUT2D eigenvalue weighted by atomic mass is 15.3. The second-order valence-corrected chi connectivity index (χ2v) is 4.44. The first kappa shape index (κ1) is 8.33. The van der Waals surface area contributed by atoms with Gasteiger partial charge in [0.05, 0.1) is 5.69 Å². The van der Waals surface area contributed by atoms with E-state index >= 15 is 0 Å². The monoisotopic (exact) mass is 191 g/mol. The molecule has 1 aliphatic heterocycles. The van der Waals surface area contributed by atoms with Gasteiger partial charge in [0.15, 0.2) is 0 Å². The summed E-state index contributed by atoms with van der Waals surface area (Å²) in [6.07, 6.45) is 6.67. The van der Waals surface area contributed by atoms with E-state index in [1.807, 2.05) is 0 Å². The second kappa shape index (κ2) is 3.30. The van der Waals surface area contributed by atoms with Gasteiger partial charge in [-0.3, -0.25) is 0 Å². The SMILES string of the molecule is c1c(C2CCCC2)nn2c1NCCC2. The number of anilines is 1. The molecule has 0 radical (unpaired) electrons. The summed E-state index contributed by atoms with van der Waals surface area (Å²) in [5.74, 6) is 1.98. The van der Waals surface area contributed by atoms with Crippen LogP contribution in [0.2, 0.25) is 0 Å². The van der Waals surface area contributed by atoms with Crippen molar-refractivity contribution in [1.29, 1.82) is 0 Å². The summed E-state index contributed by atoms with van der Waals surface area (Å²) in [7, 11) is 0. The van der Waals surface area contributed by atoms with Crippen LogP contribution in [-0.4, -0.2) is 16.3 Å². The van der Waals surface area contributed by atoms with Crippen LogP contribution in [0.1, 0.15) is 43.7 Å². The number of fused-ring (bicyclic) bond motifs is 1. The molecule has 0 amide bonds. The predicted octanol–water partition coefficient (Wildman–Crippen LogP) is 2.36. The first-order chi connectivity index (χ1) is 6.93. The Kier molecular flexibility index (Phi) is 1.96. The maximum Gasteiger partial charge on any atom is 0.124 e. The zero-order valence-electron chi connectivity index (χ0n) is 8.50. The molecule has 1 aromatic rings. The van der Waals surface area contributed by atoms with Crippen LogP contribution in [0.5, 0.6) is 0 Å². The second-order valence-electron chi connectivity index (χ2n) is 4.44. The van der Waals surface area contributed by atoms with Crippen molar-refractivity contribution in [2.45, 2.75) is 44.6 Å². The summed E-state index contributed by atoms with van der Waals surface area (Å²) in [6, 6.07) is 2.26. The fourth-order valence-electron chi connectivity index (χ4n) is 2.62. The number of rotatable bonds is 1. The van der Waals surface area contributed by atoms with Crippen LogP contribution >= 0.6 is 0 Å². The normalized spacial score (nSPS) is 22.0. The Morgan fingerprint density at radius 2 is 2.14 bits per heavy atom. The summed E-state index contributed by atoms with van der Waals surface area (Å²) in [4.78, 5) is 0. The molecule has 0 saturated heterocycles. The van der Waals surface area contributed by atoms with Crippen LogP contribution in [-0.2, 0) is 6.54 Å². The van der Waals surface area contributed by atoms with Crippen LogP contribution < -0.4 is 5.32 Å². The quantitative estimate of drug-likeness (QED) is 0.738. The van der Waals surface area contributed by atoms with Gasteiger partial charge in [0, 0.05) is 25.1 Å². The highest BCUT2D eigenvalue weighted by molar-refractivity contribution is 5.39. The van der Waals surface area contributed by atoms with E-state index in [1.165, 1.54) is 43.6 Å². The lowest BCUT2D eigenvalue weighted by atomic mass is 10.0. The summed E-state index contributed by atoms with van der Waals surface area (Å²) in [5.41, 5.74) is 1.33. The van der Waals surface area contributed by atoms with Crippen molar-refractivity contribution < 1.29 is 0 Å². The Hall–Kier alpha value is -0.990. The zero-order valence-corrected chi connectivity index (χ0v) is 8.50. The van der Waals surface area contributed by atoms with E-state index < -0.39 is 0 Å². The molecule has 1 aliphatic carbocycles. The van der Waals surface area contributed by atoms with Gasteiger partial charge in [-0.25, -0.2) is 4.68 Å². The molecule has 0 atom stereocenters. The van der Waals surface area contributed by atoms with E-state index in [0.717, 1.165) is 19.0 Å². The number of nitrogens with one attached hydrogen (secondary N) is 1. The first-order valence-corrected chi connectivity index (χ1v) is 5.75. The fraction of sp³-hybridized carbons (Fsp3) is 0.727. The lowest BCUT2D eigenvalue weighted by Crippen LogP contribution is -2.17. The molecule has 1 N–H and O–H groups in total. The third kappa shape index (κ3) is 1.31. The smallest absolute Gasteiger partial charge is 0.124 e. The van der Waals surface area contributed by atoms with Crippen LogP contribution in [0.3, 0.4) is 0 Å².